The molecular formula is C14H13BrFN3O. The maximum Gasteiger partial charge on any atom is 0.255 e. The smallest absolute Gasteiger partial charge is 0.255 e. The van der Waals surface area contributed by atoms with Crippen molar-refractivity contribution in [3.63, 3.8) is 0 Å². The summed E-state index contributed by atoms with van der Waals surface area (Å²) in [5.41, 5.74) is 6.79. The number of amides is 1. The highest BCUT2D eigenvalue weighted by atomic mass is 79.9. The Morgan fingerprint density at radius 1 is 1.40 bits per heavy atom. The fourth-order valence-electron chi connectivity index (χ4n) is 1.74. The predicted molar refractivity (Wildman–Crippen MR) is 78.6 cm³/mol. The van der Waals surface area contributed by atoms with Gasteiger partial charge < -0.3 is 11.1 Å². The second kappa shape index (κ2) is 6.00. The molecule has 0 aliphatic heterocycles. The first-order valence-corrected chi connectivity index (χ1v) is 6.74. The fourth-order valence-corrected chi connectivity index (χ4v) is 2.07. The third kappa shape index (κ3) is 3.33. The van der Waals surface area contributed by atoms with E-state index in [1.165, 1.54) is 18.3 Å². The molecule has 6 heteroatoms. The first kappa shape index (κ1) is 14.5. The summed E-state index contributed by atoms with van der Waals surface area (Å²) >= 11 is 3.24. The molecule has 0 spiro atoms. The van der Waals surface area contributed by atoms with E-state index in [2.05, 4.69) is 26.2 Å². The predicted octanol–water partition coefficient (Wildman–Crippen LogP) is 3.06. The maximum absolute atomic E-state index is 12.9. The van der Waals surface area contributed by atoms with Gasteiger partial charge in [0.15, 0.2) is 0 Å². The number of carbonyl (C=O) groups is 1. The SMILES string of the molecule is CC(NC(=O)c1cc(Br)cnc1N)c1ccc(F)cc1. The van der Waals surface area contributed by atoms with E-state index >= 15 is 0 Å². The van der Waals surface area contributed by atoms with Crippen LogP contribution in [-0.2, 0) is 0 Å². The number of hydrogen-bond donors (Lipinski definition) is 2. The van der Waals surface area contributed by atoms with Gasteiger partial charge in [0.05, 0.1) is 11.6 Å². The van der Waals surface area contributed by atoms with Crippen LogP contribution >= 0.6 is 15.9 Å². The molecule has 1 unspecified atom stereocenters. The number of aromatic nitrogens is 1. The van der Waals surface area contributed by atoms with E-state index in [1.54, 1.807) is 18.2 Å². The van der Waals surface area contributed by atoms with Crippen molar-refractivity contribution in [1.82, 2.24) is 10.3 Å². The molecule has 20 heavy (non-hydrogen) atoms. The first-order chi connectivity index (χ1) is 9.47. The summed E-state index contributed by atoms with van der Waals surface area (Å²) in [5, 5.41) is 2.80. The maximum atomic E-state index is 12.9. The number of nitrogen functional groups attached to an aromatic ring is 1. The molecule has 0 radical (unpaired) electrons. The van der Waals surface area contributed by atoms with Gasteiger partial charge in [-0.05, 0) is 46.6 Å². The summed E-state index contributed by atoms with van der Waals surface area (Å²) < 4.78 is 13.5. The quantitative estimate of drug-likeness (QED) is 0.904. The van der Waals surface area contributed by atoms with Crippen LogP contribution in [0.2, 0.25) is 0 Å². The van der Waals surface area contributed by atoms with E-state index in [9.17, 15) is 9.18 Å². The van der Waals surface area contributed by atoms with Crippen LogP contribution in [-0.4, -0.2) is 10.9 Å². The molecule has 1 amide bonds. The van der Waals surface area contributed by atoms with Crippen LogP contribution in [0.5, 0.6) is 0 Å². The number of rotatable bonds is 3. The normalized spacial score (nSPS) is 11.9. The van der Waals surface area contributed by atoms with Crippen molar-refractivity contribution in [2.24, 2.45) is 0 Å². The number of nitrogens with one attached hydrogen (secondary N) is 1. The molecule has 0 fully saturated rings. The van der Waals surface area contributed by atoms with Crippen molar-refractivity contribution >= 4 is 27.7 Å². The van der Waals surface area contributed by atoms with Crippen molar-refractivity contribution in [3.8, 4) is 0 Å². The van der Waals surface area contributed by atoms with Gasteiger partial charge in [0.25, 0.3) is 5.91 Å². The lowest BCUT2D eigenvalue weighted by atomic mass is 10.1. The van der Waals surface area contributed by atoms with Gasteiger partial charge in [-0.25, -0.2) is 9.37 Å². The van der Waals surface area contributed by atoms with E-state index in [0.717, 1.165) is 5.56 Å². The van der Waals surface area contributed by atoms with Gasteiger partial charge in [0.2, 0.25) is 0 Å². The average Bonchev–Trinajstić information content (AvgIpc) is 2.42. The van der Waals surface area contributed by atoms with Gasteiger partial charge in [-0.15, -0.1) is 0 Å². The van der Waals surface area contributed by atoms with Crippen LogP contribution in [0, 0.1) is 5.82 Å². The minimum absolute atomic E-state index is 0.164. The summed E-state index contributed by atoms with van der Waals surface area (Å²) in [4.78, 5) is 16.1. The highest BCUT2D eigenvalue weighted by molar-refractivity contribution is 9.10. The van der Waals surface area contributed by atoms with Crippen molar-refractivity contribution in [3.05, 3.63) is 57.9 Å². The Morgan fingerprint density at radius 3 is 2.70 bits per heavy atom. The number of pyridine rings is 1. The molecule has 1 aromatic heterocycles. The van der Waals surface area contributed by atoms with E-state index in [4.69, 9.17) is 5.73 Å². The number of carbonyl (C=O) groups excluding carboxylic acids is 1. The minimum atomic E-state index is -0.326. The molecular weight excluding hydrogens is 325 g/mol. The summed E-state index contributed by atoms with van der Waals surface area (Å²) in [6.45, 7) is 1.81. The molecule has 3 N–H and O–H groups in total. The lowest BCUT2D eigenvalue weighted by molar-refractivity contribution is 0.0940. The van der Waals surface area contributed by atoms with Crippen molar-refractivity contribution < 1.29 is 9.18 Å². The molecule has 0 saturated heterocycles. The van der Waals surface area contributed by atoms with Crippen LogP contribution in [0.15, 0.2) is 41.0 Å². The molecule has 1 atom stereocenters. The topological polar surface area (TPSA) is 68.0 Å². The molecule has 0 aliphatic carbocycles. The zero-order valence-electron chi connectivity index (χ0n) is 10.7. The molecule has 104 valence electrons. The Kier molecular flexibility index (Phi) is 4.34. The van der Waals surface area contributed by atoms with Crippen LogP contribution in [0.25, 0.3) is 0 Å². The van der Waals surface area contributed by atoms with Gasteiger partial charge >= 0.3 is 0 Å². The second-order valence-electron chi connectivity index (χ2n) is 4.33. The molecule has 1 heterocycles. The Morgan fingerprint density at radius 2 is 2.05 bits per heavy atom. The van der Waals surface area contributed by atoms with E-state index in [1.807, 2.05) is 6.92 Å². The van der Waals surface area contributed by atoms with E-state index in [-0.39, 0.29) is 23.6 Å². The van der Waals surface area contributed by atoms with Gasteiger partial charge in [0.1, 0.15) is 11.6 Å². The Labute approximate surface area is 124 Å². The van der Waals surface area contributed by atoms with Crippen molar-refractivity contribution in [1.29, 1.82) is 0 Å². The van der Waals surface area contributed by atoms with Crippen LogP contribution in [0.3, 0.4) is 0 Å². The van der Waals surface area contributed by atoms with Gasteiger partial charge in [-0.1, -0.05) is 12.1 Å². The minimum Gasteiger partial charge on any atom is -0.383 e. The third-order valence-electron chi connectivity index (χ3n) is 2.85. The molecule has 2 rings (SSSR count). The van der Waals surface area contributed by atoms with E-state index in [0.29, 0.717) is 10.0 Å². The van der Waals surface area contributed by atoms with E-state index < -0.39 is 0 Å². The highest BCUT2D eigenvalue weighted by Crippen LogP contribution is 2.18. The van der Waals surface area contributed by atoms with Crippen LogP contribution < -0.4 is 11.1 Å². The second-order valence-corrected chi connectivity index (χ2v) is 5.25. The number of nitrogens with zero attached hydrogens (tertiary/aromatic N) is 1. The number of hydrogen-bond acceptors (Lipinski definition) is 3. The lowest BCUT2D eigenvalue weighted by Gasteiger charge is -2.15. The highest BCUT2D eigenvalue weighted by Gasteiger charge is 2.15. The van der Waals surface area contributed by atoms with Crippen LogP contribution in [0.1, 0.15) is 28.9 Å². The van der Waals surface area contributed by atoms with Gasteiger partial charge in [-0.2, -0.15) is 0 Å². The zero-order valence-corrected chi connectivity index (χ0v) is 12.3. The monoisotopic (exact) mass is 337 g/mol. The number of anilines is 1. The number of halogens is 2. The Hall–Kier alpha value is -1.95. The van der Waals surface area contributed by atoms with Gasteiger partial charge in [-0.3, -0.25) is 4.79 Å². The molecule has 2 aromatic rings. The zero-order chi connectivity index (χ0) is 14.7. The van der Waals surface area contributed by atoms with Crippen molar-refractivity contribution in [2.75, 3.05) is 5.73 Å². The van der Waals surface area contributed by atoms with Crippen molar-refractivity contribution in [2.45, 2.75) is 13.0 Å². The number of nitrogens with two attached hydrogens (primary N) is 1. The molecule has 0 aliphatic rings. The number of benzene rings is 1. The fraction of sp³-hybridized carbons (Fsp3) is 0.143. The lowest BCUT2D eigenvalue weighted by Crippen LogP contribution is -2.27. The summed E-state index contributed by atoms with van der Waals surface area (Å²) in [5.74, 6) is -0.474. The Bertz CT molecular complexity index is 631. The molecule has 0 saturated carbocycles. The van der Waals surface area contributed by atoms with Gasteiger partial charge in [0, 0.05) is 10.7 Å². The standard InChI is InChI=1S/C14H13BrFN3O/c1-8(9-2-4-11(16)5-3-9)19-14(20)12-6-10(15)7-18-13(12)17/h2-8H,1H3,(H2,17,18)(H,19,20). The summed E-state index contributed by atoms with van der Waals surface area (Å²) in [6, 6.07) is 7.31. The van der Waals surface area contributed by atoms with Crippen LogP contribution in [0.4, 0.5) is 10.2 Å². The molecule has 0 bridgehead atoms. The molecule has 4 nitrogen and oxygen atoms in total. The average molecular weight is 338 g/mol. The Balaban J connectivity index is 2.15. The largest absolute Gasteiger partial charge is 0.383 e. The first-order valence-electron chi connectivity index (χ1n) is 5.94. The summed E-state index contributed by atoms with van der Waals surface area (Å²) in [6.07, 6.45) is 1.52. The molecule has 1 aromatic carbocycles. The summed E-state index contributed by atoms with van der Waals surface area (Å²) in [7, 11) is 0. The third-order valence-corrected chi connectivity index (χ3v) is 3.28.